The molecule has 0 spiro atoms. The summed E-state index contributed by atoms with van der Waals surface area (Å²) in [5.74, 6) is 1.19. The van der Waals surface area contributed by atoms with Crippen LogP contribution in [-0.2, 0) is 6.42 Å². The molecule has 1 aliphatic heterocycles. The van der Waals surface area contributed by atoms with Gasteiger partial charge in [0, 0.05) is 18.3 Å². The maximum atomic E-state index is 5.77. The monoisotopic (exact) mass is 325 g/mol. The Kier molecular flexibility index (Phi) is 5.64. The predicted molar refractivity (Wildman–Crippen MR) is 98.9 cm³/mol. The number of aromatic nitrogens is 2. The highest BCUT2D eigenvalue weighted by Gasteiger charge is 2.22. The third kappa shape index (κ3) is 4.03. The van der Waals surface area contributed by atoms with Gasteiger partial charge in [-0.2, -0.15) is 4.98 Å². The van der Waals surface area contributed by atoms with Crippen molar-refractivity contribution in [1.82, 2.24) is 14.9 Å². The number of nitrogen functional groups attached to an aromatic ring is 1. The van der Waals surface area contributed by atoms with Crippen LogP contribution in [0, 0.1) is 0 Å². The number of nitrogens with zero attached hydrogens (tertiary/aromatic N) is 3. The molecule has 24 heavy (non-hydrogen) atoms. The molecular weight excluding hydrogens is 298 g/mol. The van der Waals surface area contributed by atoms with Crippen molar-refractivity contribution in [3.05, 3.63) is 47.7 Å². The second-order valence-electron chi connectivity index (χ2n) is 6.36. The second kappa shape index (κ2) is 8.11. The molecule has 5 heteroatoms. The lowest BCUT2D eigenvalue weighted by molar-refractivity contribution is 0.170. The lowest BCUT2D eigenvalue weighted by Crippen LogP contribution is -2.37. The molecule has 1 saturated heterocycles. The van der Waals surface area contributed by atoms with Crippen LogP contribution in [0.5, 0.6) is 0 Å². The Labute approximate surface area is 144 Å². The zero-order chi connectivity index (χ0) is 16.8. The molecule has 0 amide bonds. The zero-order valence-corrected chi connectivity index (χ0v) is 14.4. The van der Waals surface area contributed by atoms with Gasteiger partial charge in [-0.05, 0) is 37.9 Å². The summed E-state index contributed by atoms with van der Waals surface area (Å²) < 4.78 is 0. The fourth-order valence-corrected chi connectivity index (χ4v) is 3.39. The van der Waals surface area contributed by atoms with Gasteiger partial charge < -0.3 is 11.1 Å². The van der Waals surface area contributed by atoms with Crippen LogP contribution < -0.4 is 11.1 Å². The van der Waals surface area contributed by atoms with Crippen LogP contribution in [0.2, 0.25) is 0 Å². The second-order valence-corrected chi connectivity index (χ2v) is 6.36. The van der Waals surface area contributed by atoms with Gasteiger partial charge in [0.2, 0.25) is 5.95 Å². The van der Waals surface area contributed by atoms with E-state index in [2.05, 4.69) is 57.4 Å². The number of benzene rings is 1. The molecular formula is C19H27N5. The molecule has 2 aromatic rings. The smallest absolute Gasteiger partial charge is 0.221 e. The fraction of sp³-hybridized carbons (Fsp3) is 0.474. The van der Waals surface area contributed by atoms with Crippen molar-refractivity contribution in [1.29, 1.82) is 0 Å². The molecule has 3 N–H and O–H groups in total. The largest absolute Gasteiger partial charge is 0.368 e. The Balaban J connectivity index is 1.78. The molecule has 1 atom stereocenters. The third-order valence-corrected chi connectivity index (χ3v) is 4.74. The Bertz CT molecular complexity index is 637. The lowest BCUT2D eigenvalue weighted by Gasteiger charge is -2.35. The maximum Gasteiger partial charge on any atom is 0.221 e. The molecule has 128 valence electrons. The van der Waals surface area contributed by atoms with Crippen molar-refractivity contribution in [2.45, 2.75) is 38.6 Å². The zero-order valence-electron chi connectivity index (χ0n) is 14.4. The molecule has 3 rings (SSSR count). The van der Waals surface area contributed by atoms with Gasteiger partial charge in [0.25, 0.3) is 0 Å². The van der Waals surface area contributed by atoms with E-state index in [-0.39, 0.29) is 0 Å². The van der Waals surface area contributed by atoms with Gasteiger partial charge in [0.15, 0.2) is 0 Å². The van der Waals surface area contributed by atoms with E-state index >= 15 is 0 Å². The average molecular weight is 325 g/mol. The summed E-state index contributed by atoms with van der Waals surface area (Å²) in [7, 11) is 0. The van der Waals surface area contributed by atoms with Crippen molar-refractivity contribution < 1.29 is 0 Å². The maximum absolute atomic E-state index is 5.77. The number of likely N-dealkylation sites (tertiary alicyclic amines) is 1. The number of aryl methyl sites for hydroxylation is 1. The van der Waals surface area contributed by atoms with E-state index in [4.69, 9.17) is 5.73 Å². The molecule has 1 aromatic heterocycles. The average Bonchev–Trinajstić information content (AvgIpc) is 2.64. The molecule has 0 bridgehead atoms. The van der Waals surface area contributed by atoms with Crippen molar-refractivity contribution in [3.63, 3.8) is 0 Å². The summed E-state index contributed by atoms with van der Waals surface area (Å²) >= 11 is 0. The van der Waals surface area contributed by atoms with Gasteiger partial charge >= 0.3 is 0 Å². The first-order chi connectivity index (χ1) is 11.8. The summed E-state index contributed by atoms with van der Waals surface area (Å²) in [6.45, 7) is 5.26. The van der Waals surface area contributed by atoms with Gasteiger partial charge in [-0.1, -0.05) is 43.7 Å². The summed E-state index contributed by atoms with van der Waals surface area (Å²) in [5.41, 5.74) is 8.23. The molecule has 2 heterocycles. The van der Waals surface area contributed by atoms with Gasteiger partial charge in [0.1, 0.15) is 5.82 Å². The van der Waals surface area contributed by atoms with Gasteiger partial charge in [0.05, 0.1) is 6.04 Å². The summed E-state index contributed by atoms with van der Waals surface area (Å²) in [5, 5.41) is 3.53. The number of nitrogens with one attached hydrogen (secondary N) is 1. The highest BCUT2D eigenvalue weighted by atomic mass is 15.2. The minimum absolute atomic E-state index is 0.323. The quantitative estimate of drug-likeness (QED) is 0.853. The SMILES string of the molecule is CCc1cnc(N)nc1NCC(c1ccccc1)N1CCCCC1. The Hall–Kier alpha value is -2.14. The van der Waals surface area contributed by atoms with E-state index in [1.165, 1.54) is 24.8 Å². The molecule has 1 aromatic carbocycles. The first-order valence-corrected chi connectivity index (χ1v) is 8.92. The minimum atomic E-state index is 0.323. The van der Waals surface area contributed by atoms with E-state index in [1.807, 2.05) is 6.20 Å². The number of hydrogen-bond acceptors (Lipinski definition) is 5. The van der Waals surface area contributed by atoms with Crippen LogP contribution in [0.1, 0.15) is 43.4 Å². The van der Waals surface area contributed by atoms with Crippen molar-refractivity contribution >= 4 is 11.8 Å². The first-order valence-electron chi connectivity index (χ1n) is 8.92. The van der Waals surface area contributed by atoms with Gasteiger partial charge in [-0.3, -0.25) is 4.90 Å². The van der Waals surface area contributed by atoms with E-state index in [1.54, 1.807) is 0 Å². The van der Waals surface area contributed by atoms with Crippen LogP contribution in [0.25, 0.3) is 0 Å². The number of hydrogen-bond donors (Lipinski definition) is 2. The van der Waals surface area contributed by atoms with Crippen LogP contribution >= 0.6 is 0 Å². The van der Waals surface area contributed by atoms with Crippen molar-refractivity contribution in [2.75, 3.05) is 30.7 Å². The molecule has 0 radical (unpaired) electrons. The van der Waals surface area contributed by atoms with Gasteiger partial charge in [-0.25, -0.2) is 4.98 Å². The predicted octanol–water partition coefficient (Wildman–Crippen LogP) is 3.26. The topological polar surface area (TPSA) is 67.1 Å². The lowest BCUT2D eigenvalue weighted by atomic mass is 10.0. The van der Waals surface area contributed by atoms with Crippen LogP contribution in [-0.4, -0.2) is 34.5 Å². The molecule has 5 nitrogen and oxygen atoms in total. The molecule has 1 fully saturated rings. The van der Waals surface area contributed by atoms with E-state index in [0.717, 1.165) is 37.4 Å². The normalized spacial score (nSPS) is 16.7. The molecule has 1 unspecified atom stereocenters. The van der Waals surface area contributed by atoms with Crippen LogP contribution in [0.15, 0.2) is 36.5 Å². The molecule has 0 saturated carbocycles. The summed E-state index contributed by atoms with van der Waals surface area (Å²) in [6.07, 6.45) is 6.62. The standard InChI is InChI=1S/C19H27N5/c1-2-15-13-22-19(20)23-18(15)21-14-17(16-9-5-3-6-10-16)24-11-7-4-8-12-24/h3,5-6,9-10,13,17H,2,4,7-8,11-12,14H2,1H3,(H3,20,21,22,23). The van der Waals surface area contributed by atoms with Gasteiger partial charge in [-0.15, -0.1) is 0 Å². The van der Waals surface area contributed by atoms with E-state index in [9.17, 15) is 0 Å². The fourth-order valence-electron chi connectivity index (χ4n) is 3.39. The Morgan fingerprint density at radius 3 is 2.62 bits per heavy atom. The Morgan fingerprint density at radius 2 is 1.92 bits per heavy atom. The highest BCUT2D eigenvalue weighted by molar-refractivity contribution is 5.46. The molecule has 1 aliphatic rings. The molecule has 0 aliphatic carbocycles. The number of nitrogens with two attached hydrogens (primary N) is 1. The number of piperidine rings is 1. The van der Waals surface area contributed by atoms with Crippen LogP contribution in [0.3, 0.4) is 0 Å². The highest BCUT2D eigenvalue weighted by Crippen LogP contribution is 2.25. The summed E-state index contributed by atoms with van der Waals surface area (Å²) in [4.78, 5) is 11.1. The van der Waals surface area contributed by atoms with E-state index < -0.39 is 0 Å². The van der Waals surface area contributed by atoms with Crippen LogP contribution in [0.4, 0.5) is 11.8 Å². The first kappa shape index (κ1) is 16.7. The summed E-state index contributed by atoms with van der Waals surface area (Å²) in [6, 6.07) is 11.1. The number of rotatable bonds is 6. The minimum Gasteiger partial charge on any atom is -0.368 e. The Morgan fingerprint density at radius 1 is 1.17 bits per heavy atom. The number of anilines is 2. The van der Waals surface area contributed by atoms with Crippen molar-refractivity contribution in [2.24, 2.45) is 0 Å². The van der Waals surface area contributed by atoms with E-state index in [0.29, 0.717) is 12.0 Å². The third-order valence-electron chi connectivity index (χ3n) is 4.74. The van der Waals surface area contributed by atoms with Crippen molar-refractivity contribution in [3.8, 4) is 0 Å².